The summed E-state index contributed by atoms with van der Waals surface area (Å²) in [7, 11) is 0. The van der Waals surface area contributed by atoms with Crippen LogP contribution >= 0.6 is 0 Å². The Morgan fingerprint density at radius 1 is 1.20 bits per heavy atom. The third-order valence-electron chi connectivity index (χ3n) is 6.01. The molecule has 0 bridgehead atoms. The van der Waals surface area contributed by atoms with Crippen LogP contribution in [-0.4, -0.2) is 51.5 Å². The van der Waals surface area contributed by atoms with Crippen LogP contribution in [0.4, 0.5) is 5.69 Å². The van der Waals surface area contributed by atoms with Crippen LogP contribution in [0.5, 0.6) is 0 Å². The zero-order chi connectivity index (χ0) is 20.8. The normalized spacial score (nSPS) is 17.8. The molecule has 1 aliphatic heterocycles. The molecule has 7 heteroatoms. The second-order valence-electron chi connectivity index (χ2n) is 8.01. The molecule has 0 spiro atoms. The van der Waals surface area contributed by atoms with Crippen LogP contribution in [0.1, 0.15) is 19.5 Å². The van der Waals surface area contributed by atoms with Crippen molar-refractivity contribution >= 4 is 22.1 Å². The standard InChI is InChI=1S/C23H25N5O2/c1-4-26-7-8-27(13-16(26)3)18-6-5-17-9-21(30-23(29)19(17)10-18)20-14-28-12-15(2)24-11-22(28)25-20/h5-6,9-12,14,16H,4,7-8,13H2,1-3H3/t16-/m1/s1. The van der Waals surface area contributed by atoms with Crippen molar-refractivity contribution in [2.75, 3.05) is 31.1 Å². The third-order valence-corrected chi connectivity index (χ3v) is 6.01. The second kappa shape index (κ2) is 7.25. The molecule has 3 aromatic heterocycles. The van der Waals surface area contributed by atoms with Crippen LogP contribution < -0.4 is 10.5 Å². The third kappa shape index (κ3) is 3.25. The fraction of sp³-hybridized carbons (Fsp3) is 0.348. The highest BCUT2D eigenvalue weighted by molar-refractivity contribution is 5.87. The van der Waals surface area contributed by atoms with Gasteiger partial charge in [-0.15, -0.1) is 0 Å². The average Bonchev–Trinajstić information content (AvgIpc) is 3.16. The van der Waals surface area contributed by atoms with Crippen molar-refractivity contribution in [2.24, 2.45) is 0 Å². The first-order valence-electron chi connectivity index (χ1n) is 10.4. The van der Waals surface area contributed by atoms with Crippen molar-refractivity contribution < 1.29 is 4.42 Å². The molecule has 4 aromatic rings. The number of aromatic nitrogens is 3. The van der Waals surface area contributed by atoms with E-state index >= 15 is 0 Å². The maximum absolute atomic E-state index is 12.8. The number of aryl methyl sites for hydroxylation is 1. The monoisotopic (exact) mass is 403 g/mol. The van der Waals surface area contributed by atoms with E-state index in [1.807, 2.05) is 41.9 Å². The van der Waals surface area contributed by atoms with Gasteiger partial charge in [0.25, 0.3) is 0 Å². The Morgan fingerprint density at radius 3 is 2.87 bits per heavy atom. The molecule has 30 heavy (non-hydrogen) atoms. The van der Waals surface area contributed by atoms with Gasteiger partial charge in [0.05, 0.1) is 17.3 Å². The first-order chi connectivity index (χ1) is 14.5. The van der Waals surface area contributed by atoms with E-state index in [2.05, 4.69) is 39.7 Å². The highest BCUT2D eigenvalue weighted by Crippen LogP contribution is 2.26. The SMILES string of the molecule is CCN1CCN(c2ccc3cc(-c4cn5cc(C)ncc5n4)oc(=O)c3c2)C[C@H]1C. The first-order valence-corrected chi connectivity index (χ1v) is 10.4. The van der Waals surface area contributed by atoms with Crippen molar-refractivity contribution in [2.45, 2.75) is 26.8 Å². The average molecular weight is 403 g/mol. The largest absolute Gasteiger partial charge is 0.421 e. The molecular weight excluding hydrogens is 378 g/mol. The highest BCUT2D eigenvalue weighted by atomic mass is 16.4. The minimum atomic E-state index is -0.337. The number of hydrogen-bond donors (Lipinski definition) is 0. The summed E-state index contributed by atoms with van der Waals surface area (Å²) in [6.45, 7) is 10.4. The van der Waals surface area contributed by atoms with Gasteiger partial charge in [0.15, 0.2) is 11.4 Å². The Kier molecular flexibility index (Phi) is 4.55. The molecule has 4 heterocycles. The lowest BCUT2D eigenvalue weighted by Gasteiger charge is -2.40. The summed E-state index contributed by atoms with van der Waals surface area (Å²) in [5.74, 6) is 0.465. The molecule has 1 saturated heterocycles. The summed E-state index contributed by atoms with van der Waals surface area (Å²) in [5, 5.41) is 1.46. The van der Waals surface area contributed by atoms with E-state index in [1.54, 1.807) is 6.20 Å². The zero-order valence-electron chi connectivity index (χ0n) is 17.5. The van der Waals surface area contributed by atoms with E-state index in [1.165, 1.54) is 0 Å². The molecule has 0 unspecified atom stereocenters. The number of anilines is 1. The van der Waals surface area contributed by atoms with Crippen molar-refractivity contribution in [3.8, 4) is 11.5 Å². The molecule has 154 valence electrons. The highest BCUT2D eigenvalue weighted by Gasteiger charge is 2.23. The summed E-state index contributed by atoms with van der Waals surface area (Å²) in [4.78, 5) is 26.4. The van der Waals surface area contributed by atoms with Crippen molar-refractivity contribution in [1.29, 1.82) is 0 Å². The van der Waals surface area contributed by atoms with Gasteiger partial charge in [-0.3, -0.25) is 9.88 Å². The number of imidazole rings is 1. The summed E-state index contributed by atoms with van der Waals surface area (Å²) >= 11 is 0. The van der Waals surface area contributed by atoms with E-state index < -0.39 is 0 Å². The van der Waals surface area contributed by atoms with Crippen LogP contribution in [-0.2, 0) is 0 Å². The summed E-state index contributed by atoms with van der Waals surface area (Å²) in [6.07, 6.45) is 5.47. The smallest absolute Gasteiger partial charge is 0.344 e. The molecule has 1 atom stereocenters. The molecular formula is C23H25N5O2. The van der Waals surface area contributed by atoms with E-state index in [9.17, 15) is 4.79 Å². The number of rotatable bonds is 3. The number of hydrogen-bond acceptors (Lipinski definition) is 6. The predicted octanol–water partition coefficient (Wildman–Crippen LogP) is 3.34. The fourth-order valence-electron chi connectivity index (χ4n) is 4.31. The van der Waals surface area contributed by atoms with Gasteiger partial charge in [-0.1, -0.05) is 13.0 Å². The van der Waals surface area contributed by atoms with Crippen LogP contribution in [0.25, 0.3) is 27.9 Å². The van der Waals surface area contributed by atoms with Crippen molar-refractivity contribution in [3.63, 3.8) is 0 Å². The molecule has 5 rings (SSSR count). The van der Waals surface area contributed by atoms with E-state index in [4.69, 9.17) is 4.42 Å². The van der Waals surface area contributed by atoms with Gasteiger partial charge in [-0.05, 0) is 44.0 Å². The summed E-state index contributed by atoms with van der Waals surface area (Å²) in [6, 6.07) is 8.43. The number of nitrogens with zero attached hydrogens (tertiary/aromatic N) is 5. The second-order valence-corrected chi connectivity index (χ2v) is 8.01. The Morgan fingerprint density at radius 2 is 2.07 bits per heavy atom. The lowest BCUT2D eigenvalue weighted by molar-refractivity contribution is 0.199. The van der Waals surface area contributed by atoms with Crippen LogP contribution in [0.15, 0.2) is 52.1 Å². The van der Waals surface area contributed by atoms with Gasteiger partial charge >= 0.3 is 5.63 Å². The quantitative estimate of drug-likeness (QED) is 0.523. The Hall–Kier alpha value is -3.19. The molecule has 0 radical (unpaired) electrons. The number of benzene rings is 1. The maximum Gasteiger partial charge on any atom is 0.344 e. The maximum atomic E-state index is 12.8. The molecule has 1 aromatic carbocycles. The minimum Gasteiger partial charge on any atom is -0.421 e. The molecule has 0 N–H and O–H groups in total. The lowest BCUT2D eigenvalue weighted by atomic mass is 10.1. The molecule has 0 saturated carbocycles. The topological polar surface area (TPSA) is 66.9 Å². The predicted molar refractivity (Wildman–Crippen MR) is 118 cm³/mol. The van der Waals surface area contributed by atoms with Crippen molar-refractivity contribution in [3.05, 3.63) is 59.0 Å². The van der Waals surface area contributed by atoms with Crippen LogP contribution in [0, 0.1) is 6.92 Å². The lowest BCUT2D eigenvalue weighted by Crippen LogP contribution is -2.51. The number of fused-ring (bicyclic) bond motifs is 2. The Balaban J connectivity index is 1.50. The summed E-state index contributed by atoms with van der Waals surface area (Å²) < 4.78 is 7.55. The van der Waals surface area contributed by atoms with E-state index in [0.717, 1.165) is 42.9 Å². The minimum absolute atomic E-state index is 0.337. The molecule has 0 amide bonds. The van der Waals surface area contributed by atoms with Gasteiger partial charge in [0, 0.05) is 43.8 Å². The number of piperazine rings is 1. The Bertz CT molecular complexity index is 1290. The zero-order valence-corrected chi connectivity index (χ0v) is 17.5. The van der Waals surface area contributed by atoms with Crippen LogP contribution in [0.3, 0.4) is 0 Å². The van der Waals surface area contributed by atoms with E-state index in [-0.39, 0.29) is 5.63 Å². The molecule has 1 fully saturated rings. The molecule has 0 aliphatic carbocycles. The van der Waals surface area contributed by atoms with Crippen LogP contribution in [0.2, 0.25) is 0 Å². The molecule has 7 nitrogen and oxygen atoms in total. The number of likely N-dealkylation sites (N-methyl/N-ethyl adjacent to an activating group) is 1. The van der Waals surface area contributed by atoms with E-state index in [0.29, 0.717) is 28.5 Å². The summed E-state index contributed by atoms with van der Waals surface area (Å²) in [5.41, 5.74) is 2.97. The van der Waals surface area contributed by atoms with Gasteiger partial charge in [0.2, 0.25) is 0 Å². The van der Waals surface area contributed by atoms with Gasteiger partial charge < -0.3 is 13.7 Å². The van der Waals surface area contributed by atoms with Gasteiger partial charge in [-0.2, -0.15) is 0 Å². The fourth-order valence-corrected chi connectivity index (χ4v) is 4.31. The molecule has 1 aliphatic rings. The van der Waals surface area contributed by atoms with Crippen molar-refractivity contribution in [1.82, 2.24) is 19.3 Å². The Labute approximate surface area is 174 Å². The first kappa shape index (κ1) is 18.8. The van der Waals surface area contributed by atoms with Gasteiger partial charge in [-0.25, -0.2) is 9.78 Å². The van der Waals surface area contributed by atoms with Gasteiger partial charge in [0.1, 0.15) is 5.69 Å².